The predicted molar refractivity (Wildman–Crippen MR) is 81.9 cm³/mol. The third kappa shape index (κ3) is 4.22. The molecule has 1 aromatic heterocycles. The summed E-state index contributed by atoms with van der Waals surface area (Å²) in [6, 6.07) is 4.03. The fourth-order valence-corrected chi connectivity index (χ4v) is 2.57. The van der Waals surface area contributed by atoms with Crippen LogP contribution in [0.4, 0.5) is 5.69 Å². The lowest BCUT2D eigenvalue weighted by Gasteiger charge is -2.26. The highest BCUT2D eigenvalue weighted by atomic mass is 16.1. The third-order valence-corrected chi connectivity index (χ3v) is 3.93. The number of carbonyl (C=O) groups excluding carboxylic acids is 1. The van der Waals surface area contributed by atoms with Gasteiger partial charge in [-0.05, 0) is 50.2 Å². The number of amides is 1. The van der Waals surface area contributed by atoms with E-state index in [1.807, 2.05) is 6.07 Å². The molecule has 0 bridgehead atoms. The molecule has 20 heavy (non-hydrogen) atoms. The van der Waals surface area contributed by atoms with Gasteiger partial charge in [-0.15, -0.1) is 0 Å². The van der Waals surface area contributed by atoms with Crippen LogP contribution in [-0.2, 0) is 0 Å². The zero-order chi connectivity index (χ0) is 14.4. The molecule has 0 radical (unpaired) electrons. The van der Waals surface area contributed by atoms with Crippen LogP contribution in [0.15, 0.2) is 18.3 Å². The zero-order valence-corrected chi connectivity index (χ0v) is 12.5. The van der Waals surface area contributed by atoms with Gasteiger partial charge in [0.1, 0.15) is 5.69 Å². The fourth-order valence-electron chi connectivity index (χ4n) is 2.57. The molecule has 0 spiro atoms. The van der Waals surface area contributed by atoms with Gasteiger partial charge in [0.15, 0.2) is 0 Å². The topological polar surface area (TPSA) is 54.0 Å². The Morgan fingerprint density at radius 2 is 2.05 bits per heavy atom. The lowest BCUT2D eigenvalue weighted by Crippen LogP contribution is -2.37. The molecule has 2 N–H and O–H groups in total. The summed E-state index contributed by atoms with van der Waals surface area (Å²) in [4.78, 5) is 16.4. The average Bonchev–Trinajstić information content (AvgIpc) is 2.48. The first kappa shape index (κ1) is 14.8. The SMILES string of the molecule is CCCNc1ccc(C(=O)NC2CCC(C)CC2)nc1. The highest BCUT2D eigenvalue weighted by Crippen LogP contribution is 2.23. The Bertz CT molecular complexity index is 422. The standard InChI is InChI=1S/C16H25N3O/c1-3-10-17-14-8-9-15(18-11-14)16(20)19-13-6-4-12(2)5-7-13/h8-9,11-13,17H,3-7,10H2,1-2H3,(H,19,20). The van der Waals surface area contributed by atoms with Crippen molar-refractivity contribution < 1.29 is 4.79 Å². The lowest BCUT2D eigenvalue weighted by molar-refractivity contribution is 0.0918. The summed E-state index contributed by atoms with van der Waals surface area (Å²) < 4.78 is 0. The summed E-state index contributed by atoms with van der Waals surface area (Å²) in [6.07, 6.45) is 7.39. The highest BCUT2D eigenvalue weighted by Gasteiger charge is 2.20. The fraction of sp³-hybridized carbons (Fsp3) is 0.625. The molecular weight excluding hydrogens is 250 g/mol. The Kier molecular flexibility index (Phi) is 5.39. The van der Waals surface area contributed by atoms with Crippen molar-refractivity contribution in [3.05, 3.63) is 24.0 Å². The Morgan fingerprint density at radius 3 is 2.65 bits per heavy atom. The molecule has 0 saturated heterocycles. The molecular formula is C16H25N3O. The van der Waals surface area contributed by atoms with Gasteiger partial charge >= 0.3 is 0 Å². The van der Waals surface area contributed by atoms with Gasteiger partial charge in [0, 0.05) is 12.6 Å². The van der Waals surface area contributed by atoms with Crippen LogP contribution in [0.5, 0.6) is 0 Å². The summed E-state index contributed by atoms with van der Waals surface area (Å²) in [5, 5.41) is 6.35. The van der Waals surface area contributed by atoms with E-state index in [9.17, 15) is 4.79 Å². The van der Waals surface area contributed by atoms with Crippen LogP contribution in [0.2, 0.25) is 0 Å². The first-order chi connectivity index (χ1) is 9.69. The van der Waals surface area contributed by atoms with Crippen molar-refractivity contribution in [1.29, 1.82) is 0 Å². The zero-order valence-electron chi connectivity index (χ0n) is 12.5. The Labute approximate surface area is 121 Å². The number of carbonyl (C=O) groups is 1. The van der Waals surface area contributed by atoms with Crippen LogP contribution >= 0.6 is 0 Å². The molecule has 110 valence electrons. The van der Waals surface area contributed by atoms with Gasteiger partial charge in [0.25, 0.3) is 5.91 Å². The first-order valence-corrected chi connectivity index (χ1v) is 7.69. The van der Waals surface area contributed by atoms with Crippen molar-refractivity contribution >= 4 is 11.6 Å². The van der Waals surface area contributed by atoms with Crippen molar-refractivity contribution in [2.24, 2.45) is 5.92 Å². The smallest absolute Gasteiger partial charge is 0.270 e. The number of anilines is 1. The summed E-state index contributed by atoms with van der Waals surface area (Å²) >= 11 is 0. The van der Waals surface area contributed by atoms with Crippen molar-refractivity contribution in [2.45, 2.75) is 52.0 Å². The number of pyridine rings is 1. The molecule has 1 amide bonds. The molecule has 4 heteroatoms. The lowest BCUT2D eigenvalue weighted by atomic mass is 9.87. The molecule has 1 aromatic rings. The van der Waals surface area contributed by atoms with E-state index < -0.39 is 0 Å². The molecule has 2 rings (SSSR count). The molecule has 1 heterocycles. The number of hydrogen-bond donors (Lipinski definition) is 2. The number of aromatic nitrogens is 1. The average molecular weight is 275 g/mol. The predicted octanol–water partition coefficient (Wildman–Crippen LogP) is 3.21. The summed E-state index contributed by atoms with van der Waals surface area (Å²) in [5.41, 5.74) is 1.47. The molecule has 0 aliphatic heterocycles. The molecule has 1 aliphatic rings. The van der Waals surface area contributed by atoms with E-state index in [-0.39, 0.29) is 5.91 Å². The molecule has 0 unspecified atom stereocenters. The number of rotatable bonds is 5. The number of hydrogen-bond acceptors (Lipinski definition) is 3. The van der Waals surface area contributed by atoms with Gasteiger partial charge in [0.05, 0.1) is 11.9 Å². The molecule has 0 aromatic carbocycles. The van der Waals surface area contributed by atoms with Crippen molar-refractivity contribution in [3.63, 3.8) is 0 Å². The summed E-state index contributed by atoms with van der Waals surface area (Å²) in [5.74, 6) is 0.747. The molecule has 0 atom stereocenters. The van der Waals surface area contributed by atoms with E-state index in [0.717, 1.165) is 37.4 Å². The van der Waals surface area contributed by atoms with Gasteiger partial charge in [-0.3, -0.25) is 4.79 Å². The molecule has 1 aliphatic carbocycles. The maximum Gasteiger partial charge on any atom is 0.270 e. The van der Waals surface area contributed by atoms with E-state index >= 15 is 0 Å². The quantitative estimate of drug-likeness (QED) is 0.867. The second-order valence-electron chi connectivity index (χ2n) is 5.79. The van der Waals surface area contributed by atoms with Crippen LogP contribution in [-0.4, -0.2) is 23.5 Å². The molecule has 4 nitrogen and oxygen atoms in total. The van der Waals surface area contributed by atoms with Crippen LogP contribution in [0.25, 0.3) is 0 Å². The summed E-state index contributed by atoms with van der Waals surface area (Å²) in [7, 11) is 0. The minimum absolute atomic E-state index is 0.0494. The Balaban J connectivity index is 1.85. The minimum atomic E-state index is -0.0494. The van der Waals surface area contributed by atoms with Gasteiger partial charge < -0.3 is 10.6 Å². The second-order valence-corrected chi connectivity index (χ2v) is 5.79. The Morgan fingerprint density at radius 1 is 1.30 bits per heavy atom. The van der Waals surface area contributed by atoms with E-state index in [0.29, 0.717) is 11.7 Å². The van der Waals surface area contributed by atoms with Crippen LogP contribution in [0.3, 0.4) is 0 Å². The molecule has 1 saturated carbocycles. The molecule has 1 fully saturated rings. The number of nitrogens with zero attached hydrogens (tertiary/aromatic N) is 1. The van der Waals surface area contributed by atoms with Gasteiger partial charge in [-0.1, -0.05) is 13.8 Å². The number of nitrogens with one attached hydrogen (secondary N) is 2. The highest BCUT2D eigenvalue weighted by molar-refractivity contribution is 5.92. The maximum atomic E-state index is 12.1. The van der Waals surface area contributed by atoms with Crippen LogP contribution in [0, 0.1) is 5.92 Å². The Hall–Kier alpha value is -1.58. The van der Waals surface area contributed by atoms with Crippen LogP contribution in [0.1, 0.15) is 56.4 Å². The first-order valence-electron chi connectivity index (χ1n) is 7.69. The monoisotopic (exact) mass is 275 g/mol. The van der Waals surface area contributed by atoms with Crippen molar-refractivity contribution in [1.82, 2.24) is 10.3 Å². The second kappa shape index (κ2) is 7.27. The van der Waals surface area contributed by atoms with Gasteiger partial charge in [-0.25, -0.2) is 4.98 Å². The van der Waals surface area contributed by atoms with E-state index in [1.165, 1.54) is 12.8 Å². The van der Waals surface area contributed by atoms with Gasteiger partial charge in [0.2, 0.25) is 0 Å². The maximum absolute atomic E-state index is 12.1. The normalized spacial score (nSPS) is 22.3. The summed E-state index contributed by atoms with van der Waals surface area (Å²) in [6.45, 7) is 5.32. The largest absolute Gasteiger partial charge is 0.384 e. The van der Waals surface area contributed by atoms with E-state index in [2.05, 4.69) is 29.5 Å². The van der Waals surface area contributed by atoms with Crippen LogP contribution < -0.4 is 10.6 Å². The van der Waals surface area contributed by atoms with Crippen molar-refractivity contribution in [3.8, 4) is 0 Å². The third-order valence-electron chi connectivity index (χ3n) is 3.93. The van der Waals surface area contributed by atoms with E-state index in [1.54, 1.807) is 12.3 Å². The van der Waals surface area contributed by atoms with Gasteiger partial charge in [-0.2, -0.15) is 0 Å². The van der Waals surface area contributed by atoms with E-state index in [4.69, 9.17) is 0 Å². The van der Waals surface area contributed by atoms with Crippen molar-refractivity contribution in [2.75, 3.05) is 11.9 Å². The minimum Gasteiger partial charge on any atom is -0.384 e.